The summed E-state index contributed by atoms with van der Waals surface area (Å²) in [7, 11) is 4.13. The third-order valence-corrected chi connectivity index (χ3v) is 5.33. The summed E-state index contributed by atoms with van der Waals surface area (Å²) in [4.78, 5) is 14.5. The summed E-state index contributed by atoms with van der Waals surface area (Å²) >= 11 is 0. The smallest absolute Gasteiger partial charge is 0.411 e. The number of carbonyl (C=O) groups is 1. The molecule has 1 aliphatic carbocycles. The van der Waals surface area contributed by atoms with Gasteiger partial charge in [0.15, 0.2) is 0 Å². The first-order valence-corrected chi connectivity index (χ1v) is 9.90. The third-order valence-electron chi connectivity index (χ3n) is 5.33. The summed E-state index contributed by atoms with van der Waals surface area (Å²) in [5.74, 6) is 0.698. The highest BCUT2D eigenvalue weighted by Crippen LogP contribution is 2.34. The molecular weight excluding hydrogens is 364 g/mol. The fourth-order valence-corrected chi connectivity index (χ4v) is 3.51. The molecule has 27 heavy (non-hydrogen) atoms. The molecule has 0 heterocycles. The zero-order valence-corrected chi connectivity index (χ0v) is 17.8. The molecular formula is C21H35ClN2O3. The second-order valence-corrected chi connectivity index (χ2v) is 7.43. The minimum atomic E-state index is -0.417. The number of likely N-dealkylation sites (N-methyl/N-ethyl adjacent to an activating group) is 1. The first-order valence-electron chi connectivity index (χ1n) is 9.90. The molecule has 1 amide bonds. The van der Waals surface area contributed by atoms with Crippen LogP contribution in [0.25, 0.3) is 0 Å². The van der Waals surface area contributed by atoms with Gasteiger partial charge in [0.1, 0.15) is 12.4 Å². The molecule has 0 atom stereocenters. The number of carbonyl (C=O) groups excluding carboxylic acids is 1. The number of amides is 1. The fourth-order valence-electron chi connectivity index (χ4n) is 3.51. The first kappa shape index (κ1) is 23.6. The topological polar surface area (TPSA) is 50.8 Å². The van der Waals surface area contributed by atoms with Gasteiger partial charge in [-0.15, -0.1) is 12.4 Å². The number of hydrogen-bond donors (Lipinski definition) is 1. The van der Waals surface area contributed by atoms with Crippen LogP contribution in [-0.2, 0) is 4.74 Å². The zero-order chi connectivity index (χ0) is 18.8. The van der Waals surface area contributed by atoms with Gasteiger partial charge in [-0.25, -0.2) is 4.79 Å². The molecule has 1 aliphatic rings. The van der Waals surface area contributed by atoms with E-state index >= 15 is 0 Å². The SMILES string of the molecule is CCCCCCOc1ccccc1NC(=O)OCC1(N(C)C)CCCC1.Cl. The van der Waals surface area contributed by atoms with Gasteiger partial charge < -0.3 is 14.4 Å². The fraction of sp³-hybridized carbons (Fsp3) is 0.667. The average molecular weight is 399 g/mol. The molecule has 0 saturated heterocycles. The van der Waals surface area contributed by atoms with Crippen LogP contribution in [0.15, 0.2) is 24.3 Å². The molecule has 154 valence electrons. The lowest BCUT2D eigenvalue weighted by Crippen LogP contribution is -2.46. The second-order valence-electron chi connectivity index (χ2n) is 7.43. The summed E-state index contributed by atoms with van der Waals surface area (Å²) in [6.45, 7) is 3.28. The highest BCUT2D eigenvalue weighted by atomic mass is 35.5. The molecule has 0 aliphatic heterocycles. The van der Waals surface area contributed by atoms with Crippen molar-refractivity contribution in [2.75, 3.05) is 32.6 Å². The van der Waals surface area contributed by atoms with Crippen molar-refractivity contribution in [3.05, 3.63) is 24.3 Å². The number of ether oxygens (including phenoxy) is 2. The highest BCUT2D eigenvalue weighted by molar-refractivity contribution is 5.86. The molecule has 0 spiro atoms. The highest BCUT2D eigenvalue weighted by Gasteiger charge is 2.37. The largest absolute Gasteiger partial charge is 0.491 e. The van der Waals surface area contributed by atoms with Crippen LogP contribution in [0, 0.1) is 0 Å². The number of halogens is 1. The maximum atomic E-state index is 12.3. The molecule has 1 aromatic carbocycles. The Morgan fingerprint density at radius 2 is 1.85 bits per heavy atom. The van der Waals surface area contributed by atoms with E-state index in [9.17, 15) is 4.79 Å². The van der Waals surface area contributed by atoms with Gasteiger partial charge in [0.05, 0.1) is 17.8 Å². The molecule has 0 bridgehead atoms. The third kappa shape index (κ3) is 7.23. The Morgan fingerprint density at radius 3 is 2.52 bits per heavy atom. The van der Waals surface area contributed by atoms with E-state index in [4.69, 9.17) is 9.47 Å². The van der Waals surface area contributed by atoms with Crippen LogP contribution >= 0.6 is 12.4 Å². The minimum Gasteiger partial charge on any atom is -0.491 e. The number of benzene rings is 1. The predicted molar refractivity (Wildman–Crippen MR) is 113 cm³/mol. The zero-order valence-electron chi connectivity index (χ0n) is 17.0. The number of unbranched alkanes of at least 4 members (excludes halogenated alkanes) is 3. The standard InChI is InChI=1S/C21H34N2O3.ClH/c1-4-5-6-11-16-25-19-13-8-7-12-18(19)22-20(24)26-17-21(23(2)3)14-9-10-15-21;/h7-8,12-13H,4-6,9-11,14-17H2,1-3H3,(H,22,24);1H. The van der Waals surface area contributed by atoms with Crippen molar-refractivity contribution < 1.29 is 14.3 Å². The van der Waals surface area contributed by atoms with Gasteiger partial charge in [0.2, 0.25) is 0 Å². The number of nitrogens with one attached hydrogen (secondary N) is 1. The number of anilines is 1. The quantitative estimate of drug-likeness (QED) is 0.529. The van der Waals surface area contributed by atoms with E-state index in [1.807, 2.05) is 24.3 Å². The summed E-state index contributed by atoms with van der Waals surface area (Å²) in [6.07, 6.45) is 8.74. The lowest BCUT2D eigenvalue weighted by atomic mass is 9.97. The maximum absolute atomic E-state index is 12.3. The summed E-state index contributed by atoms with van der Waals surface area (Å²) in [5, 5.41) is 2.84. The van der Waals surface area contributed by atoms with Crippen molar-refractivity contribution in [1.29, 1.82) is 0 Å². The molecule has 0 unspecified atom stereocenters. The van der Waals surface area contributed by atoms with Crippen molar-refractivity contribution in [2.45, 2.75) is 63.8 Å². The lowest BCUT2D eigenvalue weighted by molar-refractivity contribution is 0.0578. The van der Waals surface area contributed by atoms with E-state index < -0.39 is 6.09 Å². The molecule has 1 saturated carbocycles. The maximum Gasteiger partial charge on any atom is 0.411 e. The van der Waals surface area contributed by atoms with E-state index in [-0.39, 0.29) is 17.9 Å². The first-order chi connectivity index (χ1) is 12.6. The number of hydrogen-bond acceptors (Lipinski definition) is 4. The number of nitrogens with zero attached hydrogens (tertiary/aromatic N) is 1. The van der Waals surface area contributed by atoms with Crippen LogP contribution in [0.4, 0.5) is 10.5 Å². The van der Waals surface area contributed by atoms with Gasteiger partial charge >= 0.3 is 6.09 Å². The van der Waals surface area contributed by atoms with Gasteiger partial charge in [-0.2, -0.15) is 0 Å². The summed E-state index contributed by atoms with van der Waals surface area (Å²) in [5.41, 5.74) is 0.644. The Morgan fingerprint density at radius 1 is 1.15 bits per heavy atom. The van der Waals surface area contributed by atoms with Crippen LogP contribution in [0.3, 0.4) is 0 Å². The minimum absolute atomic E-state index is 0. The predicted octanol–water partition coefficient (Wildman–Crippen LogP) is 5.49. The normalized spacial score (nSPS) is 15.3. The Kier molecular flexibility index (Phi) is 10.6. The molecule has 0 radical (unpaired) electrons. The van der Waals surface area contributed by atoms with Crippen LogP contribution in [0.1, 0.15) is 58.3 Å². The van der Waals surface area contributed by atoms with Gasteiger partial charge in [0, 0.05) is 0 Å². The Hall–Kier alpha value is -1.46. The molecule has 5 nitrogen and oxygen atoms in total. The van der Waals surface area contributed by atoms with Gasteiger partial charge in [-0.3, -0.25) is 5.32 Å². The Bertz CT molecular complexity index is 560. The summed E-state index contributed by atoms with van der Waals surface area (Å²) in [6, 6.07) is 7.53. The molecule has 1 aromatic rings. The van der Waals surface area contributed by atoms with Crippen LogP contribution in [0.5, 0.6) is 5.75 Å². The molecule has 2 rings (SSSR count). The number of rotatable bonds is 10. The Labute approximate surface area is 170 Å². The molecule has 1 fully saturated rings. The van der Waals surface area contributed by atoms with Gasteiger partial charge in [-0.1, -0.05) is 51.2 Å². The average Bonchev–Trinajstić information content (AvgIpc) is 3.12. The lowest BCUT2D eigenvalue weighted by Gasteiger charge is -2.35. The molecule has 0 aromatic heterocycles. The van der Waals surface area contributed by atoms with Crippen LogP contribution < -0.4 is 10.1 Å². The van der Waals surface area contributed by atoms with Crippen molar-refractivity contribution in [3.63, 3.8) is 0 Å². The van der Waals surface area contributed by atoms with Crippen LogP contribution in [0.2, 0.25) is 0 Å². The van der Waals surface area contributed by atoms with E-state index in [0.29, 0.717) is 24.7 Å². The molecule has 6 heteroatoms. The van der Waals surface area contributed by atoms with Crippen molar-refractivity contribution >= 4 is 24.2 Å². The molecule has 1 N–H and O–H groups in total. The second kappa shape index (κ2) is 12.1. The van der Waals surface area contributed by atoms with Crippen molar-refractivity contribution in [3.8, 4) is 5.75 Å². The van der Waals surface area contributed by atoms with Crippen LogP contribution in [-0.4, -0.2) is 43.8 Å². The monoisotopic (exact) mass is 398 g/mol. The van der Waals surface area contributed by atoms with Crippen molar-refractivity contribution in [2.24, 2.45) is 0 Å². The van der Waals surface area contributed by atoms with E-state index in [2.05, 4.69) is 31.2 Å². The number of para-hydroxylation sites is 2. The van der Waals surface area contributed by atoms with Gasteiger partial charge in [-0.05, 0) is 45.5 Å². The van der Waals surface area contributed by atoms with Crippen molar-refractivity contribution in [1.82, 2.24) is 4.90 Å². The van der Waals surface area contributed by atoms with E-state index in [0.717, 1.165) is 19.3 Å². The van der Waals surface area contributed by atoms with E-state index in [1.165, 1.54) is 32.1 Å². The summed E-state index contributed by atoms with van der Waals surface area (Å²) < 4.78 is 11.4. The van der Waals surface area contributed by atoms with Gasteiger partial charge in [0.25, 0.3) is 0 Å². The van der Waals surface area contributed by atoms with E-state index in [1.54, 1.807) is 0 Å². The Balaban J connectivity index is 0.00000364.